The van der Waals surface area contributed by atoms with E-state index in [4.69, 9.17) is 39.4 Å². The van der Waals surface area contributed by atoms with Crippen LogP contribution in [0.2, 0.25) is 10.0 Å². The number of amides is 1. The highest BCUT2D eigenvalue weighted by Gasteiger charge is 2.21. The minimum Gasteiger partial charge on any atom is -0.421 e. The van der Waals surface area contributed by atoms with Gasteiger partial charge in [0.2, 0.25) is 5.91 Å². The quantitative estimate of drug-likeness (QED) is 0.638. The van der Waals surface area contributed by atoms with Crippen LogP contribution < -0.4 is 16.2 Å². The summed E-state index contributed by atoms with van der Waals surface area (Å²) >= 11 is 12.1. The van der Waals surface area contributed by atoms with Gasteiger partial charge in [0.15, 0.2) is 5.75 Å². The number of rotatable bonds is 5. The molecule has 7 heteroatoms. The molecule has 1 unspecified atom stereocenters. The Kier molecular flexibility index (Phi) is 5.60. The number of esters is 1. The summed E-state index contributed by atoms with van der Waals surface area (Å²) in [6.07, 6.45) is -0.132. The highest BCUT2D eigenvalue weighted by molar-refractivity contribution is 6.35. The van der Waals surface area contributed by atoms with E-state index in [0.29, 0.717) is 16.1 Å². The van der Waals surface area contributed by atoms with E-state index in [2.05, 4.69) is 0 Å². The first-order chi connectivity index (χ1) is 10.9. The smallest absolute Gasteiger partial charge is 0.343 e. The molecule has 2 aromatic rings. The zero-order valence-corrected chi connectivity index (χ0v) is 13.5. The minimum atomic E-state index is -0.790. The summed E-state index contributed by atoms with van der Waals surface area (Å²) in [5, 5.41) is 0.432. The van der Waals surface area contributed by atoms with Gasteiger partial charge in [-0.15, -0.1) is 0 Å². The maximum Gasteiger partial charge on any atom is 0.343 e. The molecule has 2 rings (SSSR count). The van der Waals surface area contributed by atoms with Gasteiger partial charge < -0.3 is 16.2 Å². The molecule has 1 amide bonds. The van der Waals surface area contributed by atoms with Gasteiger partial charge in [-0.1, -0.05) is 41.4 Å². The van der Waals surface area contributed by atoms with Crippen molar-refractivity contribution in [2.24, 2.45) is 11.5 Å². The van der Waals surface area contributed by atoms with Gasteiger partial charge >= 0.3 is 5.97 Å². The second-order valence-corrected chi connectivity index (χ2v) is 5.68. The normalized spacial score (nSPS) is 11.8. The molecule has 1 atom stereocenters. The lowest BCUT2D eigenvalue weighted by Gasteiger charge is -2.17. The zero-order valence-electron chi connectivity index (χ0n) is 12.0. The van der Waals surface area contributed by atoms with E-state index < -0.39 is 17.9 Å². The zero-order chi connectivity index (χ0) is 17.0. The molecule has 0 aliphatic rings. The molecule has 0 spiro atoms. The molecular formula is C16H14Cl2N2O3. The number of ether oxygens (including phenoxy) is 1. The Balaban J connectivity index is 2.37. The average Bonchev–Trinajstić information content (AvgIpc) is 2.49. The summed E-state index contributed by atoms with van der Waals surface area (Å²) in [7, 11) is 0. The summed E-state index contributed by atoms with van der Waals surface area (Å²) < 4.78 is 5.36. The van der Waals surface area contributed by atoms with E-state index in [1.807, 2.05) is 0 Å². The van der Waals surface area contributed by atoms with Crippen molar-refractivity contribution < 1.29 is 14.3 Å². The first kappa shape index (κ1) is 17.3. The Morgan fingerprint density at radius 2 is 1.78 bits per heavy atom. The Morgan fingerprint density at radius 1 is 1.13 bits per heavy atom. The Hall–Kier alpha value is -2.08. The van der Waals surface area contributed by atoms with Gasteiger partial charge in [-0.3, -0.25) is 4.79 Å². The number of benzene rings is 2. The lowest BCUT2D eigenvalue weighted by atomic mass is 10.0. The van der Waals surface area contributed by atoms with Crippen LogP contribution in [0.5, 0.6) is 5.75 Å². The van der Waals surface area contributed by atoms with Crippen molar-refractivity contribution in [2.45, 2.75) is 12.5 Å². The monoisotopic (exact) mass is 352 g/mol. The van der Waals surface area contributed by atoms with Gasteiger partial charge in [0.05, 0.1) is 10.6 Å². The molecule has 0 heterocycles. The Labute approximate surface area is 143 Å². The lowest BCUT2D eigenvalue weighted by Crippen LogP contribution is -2.22. The number of hydrogen-bond donors (Lipinski definition) is 2. The fourth-order valence-corrected chi connectivity index (χ4v) is 2.56. The van der Waals surface area contributed by atoms with Crippen LogP contribution in [0.25, 0.3) is 0 Å². The number of primary amides is 1. The van der Waals surface area contributed by atoms with Crippen LogP contribution in [-0.2, 0) is 4.79 Å². The maximum atomic E-state index is 12.2. The van der Waals surface area contributed by atoms with Crippen molar-refractivity contribution in [3.63, 3.8) is 0 Å². The molecule has 5 nitrogen and oxygen atoms in total. The van der Waals surface area contributed by atoms with E-state index in [9.17, 15) is 9.59 Å². The van der Waals surface area contributed by atoms with Crippen LogP contribution in [0.1, 0.15) is 28.4 Å². The molecular weight excluding hydrogens is 339 g/mol. The number of halogens is 2. The molecule has 0 saturated heterocycles. The van der Waals surface area contributed by atoms with Crippen molar-refractivity contribution >= 4 is 35.1 Å². The summed E-state index contributed by atoms with van der Waals surface area (Å²) in [4.78, 5) is 23.3. The molecule has 0 fully saturated rings. The lowest BCUT2D eigenvalue weighted by molar-refractivity contribution is -0.118. The third-order valence-electron chi connectivity index (χ3n) is 3.06. The van der Waals surface area contributed by atoms with Crippen LogP contribution >= 0.6 is 23.2 Å². The van der Waals surface area contributed by atoms with E-state index in [1.54, 1.807) is 30.3 Å². The predicted molar refractivity (Wildman–Crippen MR) is 88.6 cm³/mol. The van der Waals surface area contributed by atoms with Crippen LogP contribution in [0.3, 0.4) is 0 Å². The largest absolute Gasteiger partial charge is 0.421 e. The molecule has 0 bridgehead atoms. The number of carbonyl (C=O) groups is 2. The van der Waals surface area contributed by atoms with Crippen molar-refractivity contribution in [1.29, 1.82) is 0 Å². The van der Waals surface area contributed by atoms with Gasteiger partial charge in [0, 0.05) is 23.0 Å². The standard InChI is InChI=1S/C16H14Cl2N2O3/c17-10-6-11(13(19)8-14(20)21)15(12(18)7-10)23-16(22)9-4-2-1-3-5-9/h1-7,13H,8,19H2,(H2,20,21). The summed E-state index contributed by atoms with van der Waals surface area (Å²) in [5.74, 6) is -1.12. The molecule has 0 saturated carbocycles. The minimum absolute atomic E-state index is 0.0682. The first-order valence-electron chi connectivity index (χ1n) is 6.68. The van der Waals surface area contributed by atoms with E-state index in [1.165, 1.54) is 12.1 Å². The van der Waals surface area contributed by atoms with Crippen LogP contribution in [0.4, 0.5) is 0 Å². The average molecular weight is 353 g/mol. The number of carbonyl (C=O) groups excluding carboxylic acids is 2. The molecule has 0 radical (unpaired) electrons. The second kappa shape index (κ2) is 7.46. The van der Waals surface area contributed by atoms with Gasteiger partial charge in [-0.05, 0) is 24.3 Å². The van der Waals surface area contributed by atoms with E-state index in [-0.39, 0.29) is 17.2 Å². The first-order valence-corrected chi connectivity index (χ1v) is 7.44. The van der Waals surface area contributed by atoms with Crippen LogP contribution in [0.15, 0.2) is 42.5 Å². The fraction of sp³-hybridized carbons (Fsp3) is 0.125. The summed E-state index contributed by atoms with van der Waals surface area (Å²) in [6, 6.07) is 10.5. The summed E-state index contributed by atoms with van der Waals surface area (Å²) in [5.41, 5.74) is 11.8. The molecule has 0 aliphatic carbocycles. The topological polar surface area (TPSA) is 95.4 Å². The van der Waals surface area contributed by atoms with Gasteiger partial charge in [0.25, 0.3) is 0 Å². The van der Waals surface area contributed by atoms with Crippen molar-refractivity contribution in [3.05, 3.63) is 63.6 Å². The third-order valence-corrected chi connectivity index (χ3v) is 3.56. The third kappa shape index (κ3) is 4.45. The molecule has 120 valence electrons. The highest BCUT2D eigenvalue weighted by Crippen LogP contribution is 2.36. The number of nitrogens with two attached hydrogens (primary N) is 2. The predicted octanol–water partition coefficient (Wildman–Crippen LogP) is 3.09. The fourth-order valence-electron chi connectivity index (χ4n) is 2.02. The maximum absolute atomic E-state index is 12.2. The van der Waals surface area contributed by atoms with Crippen molar-refractivity contribution in [1.82, 2.24) is 0 Å². The highest BCUT2D eigenvalue weighted by atomic mass is 35.5. The van der Waals surface area contributed by atoms with Gasteiger partial charge in [-0.2, -0.15) is 0 Å². The van der Waals surface area contributed by atoms with Crippen LogP contribution in [-0.4, -0.2) is 11.9 Å². The molecule has 0 aliphatic heterocycles. The van der Waals surface area contributed by atoms with Gasteiger partial charge in [0.1, 0.15) is 0 Å². The SMILES string of the molecule is NC(=O)CC(N)c1cc(Cl)cc(Cl)c1OC(=O)c1ccccc1. The van der Waals surface area contributed by atoms with Crippen molar-refractivity contribution in [3.8, 4) is 5.75 Å². The van der Waals surface area contributed by atoms with Crippen molar-refractivity contribution in [2.75, 3.05) is 0 Å². The second-order valence-electron chi connectivity index (χ2n) is 4.84. The van der Waals surface area contributed by atoms with Crippen LogP contribution in [0, 0.1) is 0 Å². The summed E-state index contributed by atoms with van der Waals surface area (Å²) in [6.45, 7) is 0. The molecule has 2 aromatic carbocycles. The molecule has 4 N–H and O–H groups in total. The number of hydrogen-bond acceptors (Lipinski definition) is 4. The van der Waals surface area contributed by atoms with E-state index >= 15 is 0 Å². The Bertz CT molecular complexity index is 736. The molecule has 0 aromatic heterocycles. The molecule has 23 heavy (non-hydrogen) atoms. The van der Waals surface area contributed by atoms with E-state index in [0.717, 1.165) is 0 Å². The Morgan fingerprint density at radius 3 is 2.39 bits per heavy atom. The van der Waals surface area contributed by atoms with Gasteiger partial charge in [-0.25, -0.2) is 4.79 Å².